The van der Waals surface area contributed by atoms with Crippen LogP contribution in [0.1, 0.15) is 29.6 Å². The summed E-state index contributed by atoms with van der Waals surface area (Å²) >= 11 is -4.15. The number of hydrogen-bond donors (Lipinski definition) is 0. The summed E-state index contributed by atoms with van der Waals surface area (Å²) in [6, 6.07) is 17.2. The molecule has 0 heterocycles. The van der Waals surface area contributed by atoms with Crippen LogP contribution in [-0.2, 0) is 15.3 Å². The Morgan fingerprint density at radius 3 is 1.65 bits per heavy atom. The molecular formula is C19H19Cl2HfSi. The van der Waals surface area contributed by atoms with Crippen molar-refractivity contribution < 1.29 is 15.3 Å². The van der Waals surface area contributed by atoms with E-state index in [2.05, 4.69) is 79.4 Å². The summed E-state index contributed by atoms with van der Waals surface area (Å²) in [5, 5.41) is 0. The molecule has 0 spiro atoms. The minimum atomic E-state index is -4.15. The maximum absolute atomic E-state index is 7.59. The predicted octanol–water partition coefficient (Wildman–Crippen LogP) is 5.65. The second-order valence-electron chi connectivity index (χ2n) is 6.64. The Bertz CT molecular complexity index is 775. The van der Waals surface area contributed by atoms with Gasteiger partial charge in [-0.25, -0.2) is 0 Å². The molecule has 2 aliphatic rings. The summed E-state index contributed by atoms with van der Waals surface area (Å²) in [4.78, 5) is 0. The summed E-state index contributed by atoms with van der Waals surface area (Å²) in [5.41, 5.74) is 5.28. The first-order chi connectivity index (χ1) is 11.0. The Morgan fingerprint density at radius 1 is 0.783 bits per heavy atom. The summed E-state index contributed by atoms with van der Waals surface area (Å²) in [6.07, 6.45) is 9.03. The fourth-order valence-corrected chi connectivity index (χ4v) is 37.9. The van der Waals surface area contributed by atoms with Gasteiger partial charge in [0.15, 0.2) is 0 Å². The summed E-state index contributed by atoms with van der Waals surface area (Å²) in [7, 11) is 15.2. The van der Waals surface area contributed by atoms with Gasteiger partial charge in [0, 0.05) is 0 Å². The Labute approximate surface area is 147 Å². The molecule has 0 N–H and O–H groups in total. The molecule has 0 saturated carbocycles. The molecule has 0 saturated heterocycles. The zero-order chi connectivity index (χ0) is 16.1. The van der Waals surface area contributed by atoms with E-state index in [1.165, 1.54) is 22.3 Å². The van der Waals surface area contributed by atoms with Gasteiger partial charge in [-0.3, -0.25) is 0 Å². The number of hydrogen-bond acceptors (Lipinski definition) is 0. The van der Waals surface area contributed by atoms with E-state index in [0.717, 1.165) is 0 Å². The zero-order valence-corrected chi connectivity index (χ0v) is 19.6. The fraction of sp³-hybridized carbons (Fsp3) is 0.158. The SMILES string of the molecule is C[SiH2][Hf]([Cl])([Cl])([CH]1C=Cc2ccccc21)[CH]1C=Cc2ccccc21. The monoisotopic (exact) mass is 525 g/mol. The van der Waals surface area contributed by atoms with Gasteiger partial charge in [0.2, 0.25) is 0 Å². The Balaban J connectivity index is 1.88. The second kappa shape index (κ2) is 5.55. The van der Waals surface area contributed by atoms with Crippen LogP contribution >= 0.6 is 17.2 Å². The molecule has 0 aliphatic heterocycles. The van der Waals surface area contributed by atoms with Crippen LogP contribution in [0.2, 0.25) is 6.55 Å². The van der Waals surface area contributed by atoms with Crippen molar-refractivity contribution in [2.24, 2.45) is 0 Å². The molecule has 0 radical (unpaired) electrons. The van der Waals surface area contributed by atoms with Gasteiger partial charge in [-0.1, -0.05) is 0 Å². The van der Waals surface area contributed by atoms with E-state index >= 15 is 0 Å². The maximum atomic E-state index is 7.59. The summed E-state index contributed by atoms with van der Waals surface area (Å²) in [5.74, 6) is 0. The van der Waals surface area contributed by atoms with Gasteiger partial charge in [-0.2, -0.15) is 0 Å². The standard InChI is InChI=1S/2C9H7.CH5Si.2ClH.Hf/c2*1-2-5-9-7-3-6-8(9)4-1;1-2;;;/h2*1-7H;2H2,1H3;2*1H;/q;;;;;+2/p-2. The first-order valence-electron chi connectivity index (χ1n) is 8.16. The van der Waals surface area contributed by atoms with Crippen LogP contribution in [0.5, 0.6) is 0 Å². The number of rotatable bonds is 3. The van der Waals surface area contributed by atoms with Crippen LogP contribution in [0.25, 0.3) is 12.2 Å². The fourth-order valence-electron chi connectivity index (χ4n) is 4.16. The van der Waals surface area contributed by atoms with Crippen LogP contribution in [0.4, 0.5) is 0 Å². The normalized spacial score (nSPS) is 23.9. The van der Waals surface area contributed by atoms with Gasteiger partial charge in [0.05, 0.1) is 0 Å². The van der Waals surface area contributed by atoms with Crippen molar-refractivity contribution in [3.05, 3.63) is 82.9 Å². The third-order valence-corrected chi connectivity index (χ3v) is 62.2. The zero-order valence-electron chi connectivity index (χ0n) is 13.0. The molecule has 0 aromatic heterocycles. The van der Waals surface area contributed by atoms with Gasteiger partial charge >= 0.3 is 148 Å². The number of benzene rings is 2. The molecule has 0 nitrogen and oxygen atoms in total. The summed E-state index contributed by atoms with van der Waals surface area (Å²) in [6.45, 7) is 1.76. The van der Waals surface area contributed by atoms with E-state index in [1.54, 1.807) is 0 Å². The van der Waals surface area contributed by atoms with Gasteiger partial charge in [-0.05, 0) is 0 Å². The van der Waals surface area contributed by atoms with Gasteiger partial charge in [0.1, 0.15) is 0 Å². The third kappa shape index (κ3) is 2.33. The molecule has 4 rings (SSSR count). The molecule has 2 aliphatic carbocycles. The first kappa shape index (κ1) is 16.1. The molecule has 0 amide bonds. The average Bonchev–Trinajstić information content (AvgIpc) is 3.20. The number of fused-ring (bicyclic) bond motifs is 2. The molecule has 2 atom stereocenters. The Kier molecular flexibility index (Phi) is 3.88. The van der Waals surface area contributed by atoms with Crippen LogP contribution < -0.4 is 0 Å². The first-order valence-corrected chi connectivity index (χ1v) is 31.0. The molecule has 2 aromatic rings. The van der Waals surface area contributed by atoms with Crippen molar-refractivity contribution in [1.29, 1.82) is 0 Å². The molecule has 117 valence electrons. The molecule has 0 bridgehead atoms. The number of allylic oxidation sites excluding steroid dienone is 2. The van der Waals surface area contributed by atoms with Gasteiger partial charge in [-0.15, -0.1) is 0 Å². The van der Waals surface area contributed by atoms with Crippen molar-refractivity contribution in [1.82, 2.24) is 0 Å². The van der Waals surface area contributed by atoms with E-state index in [-0.39, 0.29) is 7.35 Å². The third-order valence-electron chi connectivity index (χ3n) is 5.54. The molecule has 4 heteroatoms. The second-order valence-corrected chi connectivity index (χ2v) is 65.1. The van der Waals surface area contributed by atoms with Crippen molar-refractivity contribution in [2.45, 2.75) is 13.9 Å². The molecule has 0 fully saturated rings. The van der Waals surface area contributed by atoms with Crippen LogP contribution in [0.15, 0.2) is 60.7 Å². The minimum absolute atomic E-state index is 0.254. The molecular weight excluding hydrogens is 506 g/mol. The molecule has 23 heavy (non-hydrogen) atoms. The van der Waals surface area contributed by atoms with Gasteiger partial charge in [0.25, 0.3) is 0 Å². The van der Waals surface area contributed by atoms with Crippen LogP contribution in [-0.4, -0.2) is 6.71 Å². The number of halogens is 2. The Morgan fingerprint density at radius 2 is 1.22 bits per heavy atom. The van der Waals surface area contributed by atoms with Crippen molar-refractivity contribution in [2.75, 3.05) is 0 Å². The van der Waals surface area contributed by atoms with E-state index in [1.807, 2.05) is 0 Å². The topological polar surface area (TPSA) is 0 Å². The quantitative estimate of drug-likeness (QED) is 0.455. The van der Waals surface area contributed by atoms with E-state index in [0.29, 0.717) is 0 Å². The van der Waals surface area contributed by atoms with E-state index in [4.69, 9.17) is 17.2 Å². The Hall–Kier alpha value is -0.413. The molecule has 2 aromatic carbocycles. The van der Waals surface area contributed by atoms with Crippen molar-refractivity contribution >= 4 is 36.0 Å². The van der Waals surface area contributed by atoms with Crippen LogP contribution in [0, 0.1) is 0 Å². The van der Waals surface area contributed by atoms with Crippen molar-refractivity contribution in [3.63, 3.8) is 0 Å². The van der Waals surface area contributed by atoms with E-state index in [9.17, 15) is 0 Å². The average molecular weight is 525 g/mol. The van der Waals surface area contributed by atoms with Crippen molar-refractivity contribution in [3.8, 4) is 0 Å². The van der Waals surface area contributed by atoms with E-state index < -0.39 is 22.0 Å². The predicted molar refractivity (Wildman–Crippen MR) is 103 cm³/mol. The van der Waals surface area contributed by atoms with Gasteiger partial charge < -0.3 is 0 Å². The summed E-state index contributed by atoms with van der Waals surface area (Å²) < 4.78 is 0.507. The molecule has 2 unspecified atom stereocenters. The van der Waals surface area contributed by atoms with Crippen LogP contribution in [0.3, 0.4) is 0 Å².